The van der Waals surface area contributed by atoms with E-state index < -0.39 is 5.24 Å². The molecular formula is C9H10ClNO. The van der Waals surface area contributed by atoms with Crippen LogP contribution in [0.3, 0.4) is 0 Å². The number of halogens is 1. The second-order valence-electron chi connectivity index (χ2n) is 2.92. The molecule has 0 aromatic rings. The molecule has 0 radical (unpaired) electrons. The fraction of sp³-hybridized carbons (Fsp3) is 0.556. The van der Waals surface area contributed by atoms with E-state index in [4.69, 9.17) is 16.9 Å². The van der Waals surface area contributed by atoms with Crippen LogP contribution in [-0.2, 0) is 4.79 Å². The Kier molecular flexibility index (Phi) is 3.31. The number of rotatable bonds is 1. The van der Waals surface area contributed by atoms with Gasteiger partial charge in [-0.15, -0.1) is 0 Å². The first-order valence-electron chi connectivity index (χ1n) is 4.07. The van der Waals surface area contributed by atoms with Crippen molar-refractivity contribution in [2.75, 3.05) is 0 Å². The molecule has 2 nitrogen and oxygen atoms in total. The molecule has 0 N–H and O–H groups in total. The van der Waals surface area contributed by atoms with Gasteiger partial charge < -0.3 is 0 Å². The summed E-state index contributed by atoms with van der Waals surface area (Å²) in [7, 11) is 0. The molecule has 1 rings (SSSR count). The van der Waals surface area contributed by atoms with Crippen LogP contribution in [0.4, 0.5) is 0 Å². The van der Waals surface area contributed by atoms with E-state index in [1.54, 1.807) is 0 Å². The number of carbonyl (C=O) groups is 1. The highest BCUT2D eigenvalue weighted by atomic mass is 35.5. The molecule has 0 amide bonds. The second kappa shape index (κ2) is 4.27. The van der Waals surface area contributed by atoms with E-state index in [2.05, 4.69) is 0 Å². The molecule has 0 aromatic carbocycles. The van der Waals surface area contributed by atoms with Crippen LogP contribution in [0.5, 0.6) is 0 Å². The molecule has 0 unspecified atom stereocenters. The fourth-order valence-corrected chi connectivity index (χ4v) is 1.67. The maximum absolute atomic E-state index is 10.8. The lowest BCUT2D eigenvalue weighted by Gasteiger charge is -2.13. The van der Waals surface area contributed by atoms with E-state index in [1.807, 2.05) is 6.07 Å². The Morgan fingerprint density at radius 3 is 2.33 bits per heavy atom. The molecule has 0 saturated heterocycles. The molecule has 0 atom stereocenters. The SMILES string of the molecule is N#CC(C(=O)Cl)=C1CCCCC1. The minimum absolute atomic E-state index is 0.177. The predicted octanol–water partition coefficient (Wildman–Crippen LogP) is 2.54. The molecule has 1 aliphatic carbocycles. The lowest BCUT2D eigenvalue weighted by Crippen LogP contribution is -2.02. The zero-order valence-corrected chi connectivity index (χ0v) is 7.52. The van der Waals surface area contributed by atoms with Crippen molar-refractivity contribution >= 4 is 16.8 Å². The third-order valence-electron chi connectivity index (χ3n) is 2.12. The number of hydrogen-bond acceptors (Lipinski definition) is 2. The molecule has 0 aliphatic heterocycles. The molecule has 0 spiro atoms. The maximum Gasteiger partial charge on any atom is 0.262 e. The van der Waals surface area contributed by atoms with Crippen LogP contribution in [0, 0.1) is 11.3 Å². The third kappa shape index (κ3) is 2.09. The zero-order valence-electron chi connectivity index (χ0n) is 6.77. The molecule has 0 heterocycles. The van der Waals surface area contributed by atoms with Gasteiger partial charge in [-0.3, -0.25) is 4.79 Å². The van der Waals surface area contributed by atoms with Gasteiger partial charge in [-0.05, 0) is 42.9 Å². The monoisotopic (exact) mass is 183 g/mol. The Morgan fingerprint density at radius 2 is 1.92 bits per heavy atom. The molecule has 3 heteroatoms. The Morgan fingerprint density at radius 1 is 1.33 bits per heavy atom. The van der Waals surface area contributed by atoms with Gasteiger partial charge >= 0.3 is 0 Å². The molecule has 12 heavy (non-hydrogen) atoms. The summed E-state index contributed by atoms with van der Waals surface area (Å²) in [5, 5.41) is 8.03. The molecule has 1 saturated carbocycles. The molecular weight excluding hydrogens is 174 g/mol. The van der Waals surface area contributed by atoms with Crippen LogP contribution in [0.25, 0.3) is 0 Å². The summed E-state index contributed by atoms with van der Waals surface area (Å²) in [6.45, 7) is 0. The van der Waals surface area contributed by atoms with Gasteiger partial charge in [-0.2, -0.15) is 5.26 Å². The molecule has 64 valence electrons. The van der Waals surface area contributed by atoms with Crippen LogP contribution in [0.2, 0.25) is 0 Å². The van der Waals surface area contributed by atoms with Crippen LogP contribution in [-0.4, -0.2) is 5.24 Å². The van der Waals surface area contributed by atoms with Crippen molar-refractivity contribution in [3.05, 3.63) is 11.1 Å². The largest absolute Gasteiger partial charge is 0.275 e. The van der Waals surface area contributed by atoms with Gasteiger partial charge in [0.15, 0.2) is 0 Å². The zero-order chi connectivity index (χ0) is 8.97. The Bertz CT molecular complexity index is 254. The average molecular weight is 184 g/mol. The van der Waals surface area contributed by atoms with E-state index in [0.717, 1.165) is 31.3 Å². The minimum atomic E-state index is -0.602. The smallest absolute Gasteiger partial charge is 0.262 e. The van der Waals surface area contributed by atoms with E-state index in [9.17, 15) is 4.79 Å². The van der Waals surface area contributed by atoms with Crippen molar-refractivity contribution in [1.29, 1.82) is 5.26 Å². The summed E-state index contributed by atoms with van der Waals surface area (Å²) in [5.74, 6) is 0. The van der Waals surface area contributed by atoms with Gasteiger partial charge in [0.2, 0.25) is 0 Å². The summed E-state index contributed by atoms with van der Waals surface area (Å²) in [4.78, 5) is 10.8. The Hall–Kier alpha value is -0.810. The van der Waals surface area contributed by atoms with Crippen molar-refractivity contribution in [3.8, 4) is 6.07 Å². The lowest BCUT2D eigenvalue weighted by molar-refractivity contribution is -0.108. The summed E-state index contributed by atoms with van der Waals surface area (Å²) < 4.78 is 0. The molecule has 1 fully saturated rings. The first-order valence-corrected chi connectivity index (χ1v) is 4.45. The number of allylic oxidation sites excluding steroid dienone is 2. The Balaban J connectivity index is 2.84. The van der Waals surface area contributed by atoms with Crippen LogP contribution in [0.15, 0.2) is 11.1 Å². The Labute approximate surface area is 76.8 Å². The summed E-state index contributed by atoms with van der Waals surface area (Å²) in [6.07, 6.45) is 5.07. The molecule has 0 bridgehead atoms. The van der Waals surface area contributed by atoms with E-state index in [0.29, 0.717) is 0 Å². The number of hydrogen-bond donors (Lipinski definition) is 0. The first-order chi connectivity index (χ1) is 5.75. The predicted molar refractivity (Wildman–Crippen MR) is 46.6 cm³/mol. The van der Waals surface area contributed by atoms with Gasteiger partial charge in [0.05, 0.1) is 0 Å². The highest BCUT2D eigenvalue weighted by molar-refractivity contribution is 6.68. The summed E-state index contributed by atoms with van der Waals surface area (Å²) in [6, 6.07) is 1.87. The van der Waals surface area contributed by atoms with Gasteiger partial charge in [-0.1, -0.05) is 6.42 Å². The van der Waals surface area contributed by atoms with Gasteiger partial charge in [-0.25, -0.2) is 0 Å². The van der Waals surface area contributed by atoms with Crippen molar-refractivity contribution in [2.45, 2.75) is 32.1 Å². The highest BCUT2D eigenvalue weighted by Crippen LogP contribution is 2.26. The lowest BCUT2D eigenvalue weighted by atomic mass is 9.92. The normalized spacial score (nSPS) is 16.8. The van der Waals surface area contributed by atoms with E-state index in [1.165, 1.54) is 6.42 Å². The minimum Gasteiger partial charge on any atom is -0.275 e. The quantitative estimate of drug-likeness (QED) is 0.356. The van der Waals surface area contributed by atoms with Gasteiger partial charge in [0.1, 0.15) is 11.6 Å². The van der Waals surface area contributed by atoms with Crippen LogP contribution in [0.1, 0.15) is 32.1 Å². The van der Waals surface area contributed by atoms with Crippen LogP contribution >= 0.6 is 11.6 Å². The molecule has 1 aliphatic rings. The average Bonchev–Trinajstić information content (AvgIpc) is 2.07. The van der Waals surface area contributed by atoms with Crippen LogP contribution < -0.4 is 0 Å². The standard InChI is InChI=1S/C9H10ClNO/c10-9(12)8(6-11)7-4-2-1-3-5-7/h1-5H2. The van der Waals surface area contributed by atoms with E-state index in [-0.39, 0.29) is 5.57 Å². The third-order valence-corrected chi connectivity index (χ3v) is 2.31. The van der Waals surface area contributed by atoms with Crippen molar-refractivity contribution < 1.29 is 4.79 Å². The van der Waals surface area contributed by atoms with Crippen molar-refractivity contribution in [2.24, 2.45) is 0 Å². The second-order valence-corrected chi connectivity index (χ2v) is 3.27. The summed E-state index contributed by atoms with van der Waals surface area (Å²) >= 11 is 5.26. The maximum atomic E-state index is 10.8. The highest BCUT2D eigenvalue weighted by Gasteiger charge is 2.15. The summed E-state index contributed by atoms with van der Waals surface area (Å²) in [5.41, 5.74) is 1.13. The number of nitrogens with zero attached hydrogens (tertiary/aromatic N) is 1. The van der Waals surface area contributed by atoms with Gasteiger partial charge in [0.25, 0.3) is 5.24 Å². The topological polar surface area (TPSA) is 40.9 Å². The van der Waals surface area contributed by atoms with E-state index >= 15 is 0 Å². The van der Waals surface area contributed by atoms with Crippen molar-refractivity contribution in [1.82, 2.24) is 0 Å². The first kappa shape index (κ1) is 9.28. The molecule has 0 aromatic heterocycles. The fourth-order valence-electron chi connectivity index (χ4n) is 1.49. The van der Waals surface area contributed by atoms with Crippen molar-refractivity contribution in [3.63, 3.8) is 0 Å². The number of nitriles is 1. The number of carbonyl (C=O) groups excluding carboxylic acids is 1. The van der Waals surface area contributed by atoms with Gasteiger partial charge in [0, 0.05) is 0 Å².